The zero-order chi connectivity index (χ0) is 15.0. The SMILES string of the molecule is CNC(=O)c1ccccc1NC(=O)CCCNC(C)C. The molecule has 0 atom stereocenters. The second-order valence-corrected chi connectivity index (χ2v) is 4.89. The molecule has 0 heterocycles. The number of benzene rings is 1. The Morgan fingerprint density at radius 2 is 1.90 bits per heavy atom. The van der Waals surface area contributed by atoms with E-state index in [1.54, 1.807) is 31.3 Å². The van der Waals surface area contributed by atoms with Crippen LogP contribution in [-0.4, -0.2) is 31.4 Å². The first kappa shape index (κ1) is 16.2. The summed E-state index contributed by atoms with van der Waals surface area (Å²) in [6, 6.07) is 7.41. The predicted molar refractivity (Wildman–Crippen MR) is 80.8 cm³/mol. The van der Waals surface area contributed by atoms with Crippen molar-refractivity contribution in [2.45, 2.75) is 32.7 Å². The van der Waals surface area contributed by atoms with Crippen molar-refractivity contribution in [2.24, 2.45) is 0 Å². The van der Waals surface area contributed by atoms with Crippen molar-refractivity contribution in [1.82, 2.24) is 10.6 Å². The van der Waals surface area contributed by atoms with Gasteiger partial charge in [-0.15, -0.1) is 0 Å². The Morgan fingerprint density at radius 3 is 2.55 bits per heavy atom. The molecule has 20 heavy (non-hydrogen) atoms. The van der Waals surface area contributed by atoms with E-state index in [2.05, 4.69) is 29.8 Å². The Morgan fingerprint density at radius 1 is 1.20 bits per heavy atom. The molecule has 0 saturated heterocycles. The van der Waals surface area contributed by atoms with E-state index in [9.17, 15) is 9.59 Å². The van der Waals surface area contributed by atoms with E-state index in [1.807, 2.05) is 0 Å². The minimum absolute atomic E-state index is 0.0769. The lowest BCUT2D eigenvalue weighted by Crippen LogP contribution is -2.25. The summed E-state index contributed by atoms with van der Waals surface area (Å²) < 4.78 is 0. The Bertz CT molecular complexity index is 458. The monoisotopic (exact) mass is 277 g/mol. The van der Waals surface area contributed by atoms with Crippen molar-refractivity contribution < 1.29 is 9.59 Å². The molecular weight excluding hydrogens is 254 g/mol. The summed E-state index contributed by atoms with van der Waals surface area (Å²) in [6.07, 6.45) is 1.20. The van der Waals surface area contributed by atoms with Gasteiger partial charge in [0.1, 0.15) is 0 Å². The van der Waals surface area contributed by atoms with Gasteiger partial charge in [-0.05, 0) is 25.1 Å². The minimum Gasteiger partial charge on any atom is -0.355 e. The number of hydrogen-bond donors (Lipinski definition) is 3. The average Bonchev–Trinajstić information content (AvgIpc) is 2.43. The van der Waals surface area contributed by atoms with Crippen LogP contribution in [0.3, 0.4) is 0 Å². The van der Waals surface area contributed by atoms with Gasteiger partial charge in [0.2, 0.25) is 5.91 Å². The second kappa shape index (κ2) is 8.32. The highest BCUT2D eigenvalue weighted by molar-refractivity contribution is 6.03. The van der Waals surface area contributed by atoms with Crippen LogP contribution in [0.25, 0.3) is 0 Å². The van der Waals surface area contributed by atoms with Crippen LogP contribution >= 0.6 is 0 Å². The van der Waals surface area contributed by atoms with Crippen molar-refractivity contribution in [3.63, 3.8) is 0 Å². The van der Waals surface area contributed by atoms with Crippen LogP contribution in [0.4, 0.5) is 5.69 Å². The van der Waals surface area contributed by atoms with Gasteiger partial charge < -0.3 is 16.0 Å². The average molecular weight is 277 g/mol. The third-order valence-corrected chi connectivity index (χ3v) is 2.81. The van der Waals surface area contributed by atoms with Gasteiger partial charge in [-0.3, -0.25) is 9.59 Å². The number of para-hydroxylation sites is 1. The molecule has 0 aromatic heterocycles. The number of carbonyl (C=O) groups is 2. The maximum absolute atomic E-state index is 11.8. The molecule has 1 rings (SSSR count). The molecule has 0 saturated carbocycles. The minimum atomic E-state index is -0.206. The van der Waals surface area contributed by atoms with Crippen molar-refractivity contribution >= 4 is 17.5 Å². The first-order valence-corrected chi connectivity index (χ1v) is 6.89. The summed E-state index contributed by atoms with van der Waals surface area (Å²) in [5.41, 5.74) is 1.03. The molecule has 1 aromatic carbocycles. The van der Waals surface area contributed by atoms with E-state index in [0.717, 1.165) is 13.0 Å². The van der Waals surface area contributed by atoms with E-state index < -0.39 is 0 Å². The summed E-state index contributed by atoms with van der Waals surface area (Å²) in [4.78, 5) is 23.5. The molecule has 0 aliphatic rings. The molecule has 0 aliphatic heterocycles. The highest BCUT2D eigenvalue weighted by atomic mass is 16.2. The molecule has 1 aromatic rings. The molecule has 5 nitrogen and oxygen atoms in total. The first-order chi connectivity index (χ1) is 9.54. The van der Waals surface area contributed by atoms with Crippen LogP contribution < -0.4 is 16.0 Å². The Hall–Kier alpha value is -1.88. The maximum Gasteiger partial charge on any atom is 0.253 e. The summed E-state index contributed by atoms with van der Waals surface area (Å²) in [5.74, 6) is -0.283. The lowest BCUT2D eigenvalue weighted by molar-refractivity contribution is -0.116. The number of anilines is 1. The third-order valence-electron chi connectivity index (χ3n) is 2.81. The highest BCUT2D eigenvalue weighted by Gasteiger charge is 2.11. The van der Waals surface area contributed by atoms with Gasteiger partial charge in [0.25, 0.3) is 5.91 Å². The number of carbonyl (C=O) groups excluding carboxylic acids is 2. The fraction of sp³-hybridized carbons (Fsp3) is 0.467. The molecule has 0 radical (unpaired) electrons. The van der Waals surface area contributed by atoms with Gasteiger partial charge in [-0.2, -0.15) is 0 Å². The molecule has 0 fully saturated rings. The maximum atomic E-state index is 11.8. The molecule has 3 N–H and O–H groups in total. The quantitative estimate of drug-likeness (QED) is 0.665. The van der Waals surface area contributed by atoms with Crippen LogP contribution in [0.15, 0.2) is 24.3 Å². The fourth-order valence-electron chi connectivity index (χ4n) is 1.78. The summed E-state index contributed by atoms with van der Waals surface area (Å²) in [5, 5.41) is 8.61. The van der Waals surface area contributed by atoms with Crippen molar-refractivity contribution in [2.75, 3.05) is 18.9 Å². The second-order valence-electron chi connectivity index (χ2n) is 4.89. The summed E-state index contributed by atoms with van der Waals surface area (Å²) >= 11 is 0. The number of nitrogens with one attached hydrogen (secondary N) is 3. The largest absolute Gasteiger partial charge is 0.355 e. The zero-order valence-corrected chi connectivity index (χ0v) is 12.3. The van der Waals surface area contributed by atoms with E-state index in [-0.39, 0.29) is 11.8 Å². The van der Waals surface area contributed by atoms with Gasteiger partial charge in [0.15, 0.2) is 0 Å². The van der Waals surface area contributed by atoms with E-state index in [0.29, 0.717) is 23.7 Å². The molecule has 0 bridgehead atoms. The lowest BCUT2D eigenvalue weighted by atomic mass is 10.1. The standard InChI is InChI=1S/C15H23N3O2/c1-11(2)17-10-6-9-14(19)18-13-8-5-4-7-12(13)15(20)16-3/h4-5,7-8,11,17H,6,9-10H2,1-3H3,(H,16,20)(H,18,19). The Labute approximate surface area is 120 Å². The molecule has 0 aliphatic carbocycles. The van der Waals surface area contributed by atoms with Crippen LogP contribution in [0.5, 0.6) is 0 Å². The zero-order valence-electron chi connectivity index (χ0n) is 12.3. The third kappa shape index (κ3) is 5.40. The van der Waals surface area contributed by atoms with Gasteiger partial charge in [0.05, 0.1) is 11.3 Å². The number of rotatable bonds is 7. The van der Waals surface area contributed by atoms with Crippen LogP contribution in [0.2, 0.25) is 0 Å². The smallest absolute Gasteiger partial charge is 0.253 e. The van der Waals surface area contributed by atoms with Crippen LogP contribution in [0.1, 0.15) is 37.0 Å². The van der Waals surface area contributed by atoms with Gasteiger partial charge in [0, 0.05) is 19.5 Å². The van der Waals surface area contributed by atoms with E-state index >= 15 is 0 Å². The first-order valence-electron chi connectivity index (χ1n) is 6.89. The summed E-state index contributed by atoms with van der Waals surface area (Å²) in [7, 11) is 1.57. The molecule has 2 amide bonds. The molecule has 110 valence electrons. The Kier molecular flexibility index (Phi) is 6.73. The molecule has 5 heteroatoms. The van der Waals surface area contributed by atoms with Gasteiger partial charge in [-0.1, -0.05) is 26.0 Å². The molecule has 0 spiro atoms. The van der Waals surface area contributed by atoms with E-state index in [1.165, 1.54) is 0 Å². The van der Waals surface area contributed by atoms with Crippen molar-refractivity contribution in [3.05, 3.63) is 29.8 Å². The van der Waals surface area contributed by atoms with Crippen LogP contribution in [0, 0.1) is 0 Å². The van der Waals surface area contributed by atoms with Crippen LogP contribution in [-0.2, 0) is 4.79 Å². The Balaban J connectivity index is 2.51. The number of hydrogen-bond acceptors (Lipinski definition) is 3. The van der Waals surface area contributed by atoms with Crippen molar-refractivity contribution in [1.29, 1.82) is 0 Å². The molecular formula is C15H23N3O2. The fourth-order valence-corrected chi connectivity index (χ4v) is 1.78. The van der Waals surface area contributed by atoms with Gasteiger partial charge >= 0.3 is 0 Å². The van der Waals surface area contributed by atoms with E-state index in [4.69, 9.17) is 0 Å². The lowest BCUT2D eigenvalue weighted by Gasteiger charge is -2.11. The number of amides is 2. The summed E-state index contributed by atoms with van der Waals surface area (Å²) in [6.45, 7) is 4.95. The van der Waals surface area contributed by atoms with Gasteiger partial charge in [-0.25, -0.2) is 0 Å². The topological polar surface area (TPSA) is 70.2 Å². The normalized spacial score (nSPS) is 10.4. The molecule has 0 unspecified atom stereocenters. The predicted octanol–water partition coefficient (Wildman–Crippen LogP) is 1.76. The highest BCUT2D eigenvalue weighted by Crippen LogP contribution is 2.15. The van der Waals surface area contributed by atoms with Crippen molar-refractivity contribution in [3.8, 4) is 0 Å².